The first-order valence-corrected chi connectivity index (χ1v) is 7.04. The van der Waals surface area contributed by atoms with Crippen LogP contribution in [0.2, 0.25) is 0 Å². The minimum atomic E-state index is -0.471. The Balaban J connectivity index is 1.75. The molecule has 2 aromatic heterocycles. The van der Waals surface area contributed by atoms with Crippen LogP contribution in [0.1, 0.15) is 5.89 Å². The third kappa shape index (κ3) is 2.93. The zero-order valence-corrected chi connectivity index (χ0v) is 12.1. The Morgan fingerprint density at radius 2 is 2.32 bits per heavy atom. The first-order chi connectivity index (χ1) is 10.6. The molecular formula is C11H9N7O3S. The van der Waals surface area contributed by atoms with E-state index in [0.717, 1.165) is 0 Å². The van der Waals surface area contributed by atoms with Crippen molar-refractivity contribution in [1.29, 1.82) is 0 Å². The van der Waals surface area contributed by atoms with Crippen LogP contribution in [0.15, 0.2) is 33.9 Å². The maximum atomic E-state index is 10.8. The maximum Gasteiger partial charge on any atom is 0.270 e. The van der Waals surface area contributed by atoms with Crippen LogP contribution in [0.25, 0.3) is 11.4 Å². The standard InChI is InChI=1S/C11H9N7O3S/c1-17-11(13-15-16-17)22-6-9-12-10(14-21-9)7-3-2-4-8(5-7)18(19)20/h2-5H,6H2,1H3. The van der Waals surface area contributed by atoms with Crippen LogP contribution in [0.4, 0.5) is 5.69 Å². The van der Waals surface area contributed by atoms with Gasteiger partial charge in [-0.2, -0.15) is 4.98 Å². The highest BCUT2D eigenvalue weighted by Crippen LogP contribution is 2.23. The van der Waals surface area contributed by atoms with Gasteiger partial charge in [0, 0.05) is 24.7 Å². The van der Waals surface area contributed by atoms with Crippen molar-refractivity contribution in [3.05, 3.63) is 40.3 Å². The fourth-order valence-corrected chi connectivity index (χ4v) is 2.35. The number of rotatable bonds is 5. The summed E-state index contributed by atoms with van der Waals surface area (Å²) in [6.07, 6.45) is 0. The molecule has 0 fully saturated rings. The molecule has 0 bridgehead atoms. The molecule has 0 N–H and O–H groups in total. The van der Waals surface area contributed by atoms with Gasteiger partial charge in [0.15, 0.2) is 0 Å². The van der Waals surface area contributed by atoms with Crippen molar-refractivity contribution < 1.29 is 9.45 Å². The van der Waals surface area contributed by atoms with E-state index < -0.39 is 4.92 Å². The fraction of sp³-hybridized carbons (Fsp3) is 0.182. The van der Waals surface area contributed by atoms with E-state index in [1.165, 1.54) is 28.6 Å². The number of nitrogens with zero attached hydrogens (tertiary/aromatic N) is 7. The van der Waals surface area contributed by atoms with Crippen molar-refractivity contribution in [2.24, 2.45) is 7.05 Å². The van der Waals surface area contributed by atoms with E-state index in [2.05, 4.69) is 25.7 Å². The van der Waals surface area contributed by atoms with Crippen LogP contribution < -0.4 is 0 Å². The molecule has 0 aliphatic carbocycles. The Morgan fingerprint density at radius 1 is 1.45 bits per heavy atom. The second-order valence-electron chi connectivity index (χ2n) is 4.19. The van der Waals surface area contributed by atoms with Crippen molar-refractivity contribution in [3.63, 3.8) is 0 Å². The molecule has 0 aliphatic heterocycles. The largest absolute Gasteiger partial charge is 0.338 e. The van der Waals surface area contributed by atoms with E-state index in [0.29, 0.717) is 28.2 Å². The van der Waals surface area contributed by atoms with Crippen molar-refractivity contribution in [2.75, 3.05) is 0 Å². The first-order valence-electron chi connectivity index (χ1n) is 6.06. The number of nitro benzene ring substituents is 1. The summed E-state index contributed by atoms with van der Waals surface area (Å²) in [5.41, 5.74) is 0.498. The van der Waals surface area contributed by atoms with Crippen LogP contribution in [0, 0.1) is 10.1 Å². The quantitative estimate of drug-likeness (QED) is 0.390. The van der Waals surface area contributed by atoms with Gasteiger partial charge in [0.25, 0.3) is 5.69 Å². The summed E-state index contributed by atoms with van der Waals surface area (Å²) < 4.78 is 6.66. The van der Waals surface area contributed by atoms with Crippen LogP contribution in [-0.2, 0) is 12.8 Å². The number of nitro groups is 1. The summed E-state index contributed by atoms with van der Waals surface area (Å²) in [5.74, 6) is 1.08. The maximum absolute atomic E-state index is 10.8. The van der Waals surface area contributed by atoms with Gasteiger partial charge in [0.05, 0.1) is 10.7 Å². The average molecular weight is 319 g/mol. The predicted octanol–water partition coefficient (Wildman–Crippen LogP) is 1.46. The SMILES string of the molecule is Cn1nnnc1SCc1nc(-c2cccc([N+](=O)[O-])c2)no1. The molecule has 112 valence electrons. The second kappa shape index (κ2) is 5.89. The van der Waals surface area contributed by atoms with Gasteiger partial charge in [-0.05, 0) is 10.4 Å². The van der Waals surface area contributed by atoms with Gasteiger partial charge in [-0.15, -0.1) is 5.10 Å². The summed E-state index contributed by atoms with van der Waals surface area (Å²) >= 11 is 1.35. The van der Waals surface area contributed by atoms with Crippen LogP contribution >= 0.6 is 11.8 Å². The molecule has 11 heteroatoms. The van der Waals surface area contributed by atoms with Gasteiger partial charge in [-0.25, -0.2) is 4.68 Å². The molecule has 0 saturated heterocycles. The molecule has 0 saturated carbocycles. The minimum Gasteiger partial charge on any atom is -0.338 e. The summed E-state index contributed by atoms with van der Waals surface area (Å²) in [5, 5.41) is 26.3. The van der Waals surface area contributed by atoms with Gasteiger partial charge in [0.2, 0.25) is 16.9 Å². The second-order valence-corrected chi connectivity index (χ2v) is 5.14. The Hall–Kier alpha value is -2.82. The van der Waals surface area contributed by atoms with E-state index in [4.69, 9.17) is 4.52 Å². The molecule has 0 atom stereocenters. The third-order valence-corrected chi connectivity index (χ3v) is 3.68. The zero-order chi connectivity index (χ0) is 15.5. The highest BCUT2D eigenvalue weighted by molar-refractivity contribution is 7.98. The summed E-state index contributed by atoms with van der Waals surface area (Å²) in [4.78, 5) is 14.5. The zero-order valence-electron chi connectivity index (χ0n) is 11.3. The number of aromatic nitrogens is 6. The molecule has 22 heavy (non-hydrogen) atoms. The number of aryl methyl sites for hydroxylation is 1. The van der Waals surface area contributed by atoms with Gasteiger partial charge in [-0.1, -0.05) is 29.1 Å². The van der Waals surface area contributed by atoms with Crippen LogP contribution in [0.5, 0.6) is 0 Å². The number of non-ortho nitro benzene ring substituents is 1. The van der Waals surface area contributed by atoms with E-state index in [-0.39, 0.29) is 5.69 Å². The van der Waals surface area contributed by atoms with Crippen molar-refractivity contribution in [2.45, 2.75) is 10.9 Å². The van der Waals surface area contributed by atoms with Gasteiger partial charge in [0.1, 0.15) is 0 Å². The molecule has 3 aromatic rings. The molecule has 0 amide bonds. The lowest BCUT2D eigenvalue weighted by atomic mass is 10.2. The summed E-state index contributed by atoms with van der Waals surface area (Å²) in [6, 6.07) is 6.06. The minimum absolute atomic E-state index is 0.0246. The lowest BCUT2D eigenvalue weighted by Gasteiger charge is -1.95. The molecular weight excluding hydrogens is 310 g/mol. The molecule has 1 aromatic carbocycles. The predicted molar refractivity (Wildman–Crippen MR) is 74.7 cm³/mol. The highest BCUT2D eigenvalue weighted by atomic mass is 32.2. The Bertz CT molecular complexity index is 815. The molecule has 0 radical (unpaired) electrons. The van der Waals surface area contributed by atoms with Gasteiger partial charge in [-0.3, -0.25) is 10.1 Å². The van der Waals surface area contributed by atoms with E-state index in [1.807, 2.05) is 0 Å². The van der Waals surface area contributed by atoms with E-state index in [9.17, 15) is 10.1 Å². The van der Waals surface area contributed by atoms with Crippen LogP contribution in [0.3, 0.4) is 0 Å². The normalized spacial score (nSPS) is 10.8. The molecule has 0 spiro atoms. The number of hydrogen-bond acceptors (Lipinski definition) is 9. The third-order valence-electron chi connectivity index (χ3n) is 2.69. The number of tetrazole rings is 1. The summed E-state index contributed by atoms with van der Waals surface area (Å²) in [7, 11) is 1.73. The molecule has 10 nitrogen and oxygen atoms in total. The Labute approximate surface area is 127 Å². The van der Waals surface area contributed by atoms with Crippen LogP contribution in [-0.4, -0.2) is 35.3 Å². The Morgan fingerprint density at radius 3 is 3.05 bits per heavy atom. The van der Waals surface area contributed by atoms with Gasteiger partial charge < -0.3 is 4.52 Å². The fourth-order valence-electron chi connectivity index (χ4n) is 1.66. The molecule has 3 rings (SSSR count). The van der Waals surface area contributed by atoms with E-state index in [1.54, 1.807) is 19.2 Å². The van der Waals surface area contributed by atoms with Crippen molar-refractivity contribution in [1.82, 2.24) is 30.3 Å². The first kappa shape index (κ1) is 14.1. The Kier molecular flexibility index (Phi) is 3.78. The highest BCUT2D eigenvalue weighted by Gasteiger charge is 2.13. The lowest BCUT2D eigenvalue weighted by Crippen LogP contribution is -1.93. The molecule has 0 aliphatic rings. The molecule has 0 unspecified atom stereocenters. The number of hydrogen-bond donors (Lipinski definition) is 0. The van der Waals surface area contributed by atoms with Crippen molar-refractivity contribution in [3.8, 4) is 11.4 Å². The van der Waals surface area contributed by atoms with Crippen molar-refractivity contribution >= 4 is 17.4 Å². The smallest absolute Gasteiger partial charge is 0.270 e. The molecule has 2 heterocycles. The monoisotopic (exact) mass is 319 g/mol. The number of thioether (sulfide) groups is 1. The van der Waals surface area contributed by atoms with Gasteiger partial charge >= 0.3 is 0 Å². The topological polar surface area (TPSA) is 126 Å². The summed E-state index contributed by atoms with van der Waals surface area (Å²) in [6.45, 7) is 0. The van der Waals surface area contributed by atoms with E-state index >= 15 is 0 Å². The lowest BCUT2D eigenvalue weighted by molar-refractivity contribution is -0.384. The number of benzene rings is 1. The average Bonchev–Trinajstić information content (AvgIpc) is 3.14.